The standard InChI is InChI=1S/C17H20N2O5/c1-22-12-7-11(8-13(23-2)14(12)24-3)17(16(19)21)6-4-5-10(9-17)15(18)20/h4-8H,9H2,1-3H3,(H2,18,20)(H2,19,21). The molecule has 7 heteroatoms. The minimum atomic E-state index is -1.23. The number of ether oxygens (including phenoxy) is 3. The molecule has 1 unspecified atom stereocenters. The zero-order valence-corrected chi connectivity index (χ0v) is 13.8. The lowest BCUT2D eigenvalue weighted by Crippen LogP contribution is -2.42. The third-order valence-electron chi connectivity index (χ3n) is 4.08. The van der Waals surface area contributed by atoms with Crippen LogP contribution >= 0.6 is 0 Å². The highest BCUT2D eigenvalue weighted by Crippen LogP contribution is 2.44. The van der Waals surface area contributed by atoms with Gasteiger partial charge in [-0.3, -0.25) is 9.59 Å². The summed E-state index contributed by atoms with van der Waals surface area (Å²) >= 11 is 0. The lowest BCUT2D eigenvalue weighted by Gasteiger charge is -2.31. The molecule has 0 spiro atoms. The quantitative estimate of drug-likeness (QED) is 0.800. The van der Waals surface area contributed by atoms with Crippen molar-refractivity contribution >= 4 is 11.8 Å². The van der Waals surface area contributed by atoms with Crippen molar-refractivity contribution in [3.05, 3.63) is 41.5 Å². The molecule has 1 aromatic rings. The first kappa shape index (κ1) is 17.4. The number of hydrogen-bond donors (Lipinski definition) is 2. The third-order valence-corrected chi connectivity index (χ3v) is 4.08. The number of carbonyl (C=O) groups is 2. The molecular weight excluding hydrogens is 312 g/mol. The van der Waals surface area contributed by atoms with Gasteiger partial charge < -0.3 is 25.7 Å². The van der Waals surface area contributed by atoms with E-state index in [-0.39, 0.29) is 6.42 Å². The lowest BCUT2D eigenvalue weighted by atomic mass is 9.72. The molecule has 1 atom stereocenters. The minimum absolute atomic E-state index is 0.0623. The second-order valence-electron chi connectivity index (χ2n) is 5.34. The van der Waals surface area contributed by atoms with Crippen LogP contribution in [0.3, 0.4) is 0 Å². The van der Waals surface area contributed by atoms with Gasteiger partial charge in [0.15, 0.2) is 11.5 Å². The Bertz CT molecular complexity index is 713. The topological polar surface area (TPSA) is 114 Å². The first-order chi connectivity index (χ1) is 11.4. The maximum Gasteiger partial charge on any atom is 0.244 e. The van der Waals surface area contributed by atoms with Gasteiger partial charge in [-0.2, -0.15) is 0 Å². The molecule has 2 amide bonds. The number of methoxy groups -OCH3 is 3. The van der Waals surface area contributed by atoms with Gasteiger partial charge in [-0.25, -0.2) is 0 Å². The molecule has 1 aromatic carbocycles. The van der Waals surface area contributed by atoms with Gasteiger partial charge in [0.2, 0.25) is 17.6 Å². The molecule has 128 valence electrons. The van der Waals surface area contributed by atoms with Crippen LogP contribution in [0.25, 0.3) is 0 Å². The molecule has 0 fully saturated rings. The van der Waals surface area contributed by atoms with Gasteiger partial charge in [0.25, 0.3) is 0 Å². The Kier molecular flexibility index (Phi) is 4.82. The molecule has 7 nitrogen and oxygen atoms in total. The Balaban J connectivity index is 2.66. The lowest BCUT2D eigenvalue weighted by molar-refractivity contribution is -0.122. The number of carbonyl (C=O) groups excluding carboxylic acids is 2. The predicted octanol–water partition coefficient (Wildman–Crippen LogP) is 0.807. The molecule has 0 saturated heterocycles. The van der Waals surface area contributed by atoms with Gasteiger partial charge >= 0.3 is 0 Å². The highest BCUT2D eigenvalue weighted by atomic mass is 16.5. The molecule has 2 rings (SSSR count). The number of nitrogens with two attached hydrogens (primary N) is 2. The summed E-state index contributed by atoms with van der Waals surface area (Å²) in [5.74, 6) is -0.0433. The Morgan fingerprint density at radius 1 is 1.04 bits per heavy atom. The summed E-state index contributed by atoms with van der Waals surface area (Å²) in [5, 5.41) is 0. The molecule has 0 radical (unpaired) electrons. The first-order valence-corrected chi connectivity index (χ1v) is 7.18. The molecule has 1 aliphatic rings. The second-order valence-corrected chi connectivity index (χ2v) is 5.34. The zero-order valence-electron chi connectivity index (χ0n) is 13.8. The van der Waals surface area contributed by atoms with Crippen molar-refractivity contribution in [3.63, 3.8) is 0 Å². The molecule has 0 saturated carbocycles. The van der Waals surface area contributed by atoms with Crippen molar-refractivity contribution in [3.8, 4) is 17.2 Å². The molecule has 0 heterocycles. The normalized spacial score (nSPS) is 19.4. The summed E-state index contributed by atoms with van der Waals surface area (Å²) < 4.78 is 15.9. The highest BCUT2D eigenvalue weighted by molar-refractivity contribution is 5.97. The fourth-order valence-corrected chi connectivity index (χ4v) is 2.76. The summed E-state index contributed by atoms with van der Waals surface area (Å²) in [4.78, 5) is 23.8. The predicted molar refractivity (Wildman–Crippen MR) is 88.0 cm³/mol. The number of hydrogen-bond acceptors (Lipinski definition) is 5. The van der Waals surface area contributed by atoms with Crippen LogP contribution in [0.5, 0.6) is 17.2 Å². The Morgan fingerprint density at radius 3 is 2.04 bits per heavy atom. The van der Waals surface area contributed by atoms with Crippen molar-refractivity contribution < 1.29 is 23.8 Å². The Morgan fingerprint density at radius 2 is 1.62 bits per heavy atom. The zero-order chi connectivity index (χ0) is 17.9. The fourth-order valence-electron chi connectivity index (χ4n) is 2.76. The first-order valence-electron chi connectivity index (χ1n) is 7.18. The molecule has 4 N–H and O–H groups in total. The molecule has 1 aliphatic carbocycles. The van der Waals surface area contributed by atoms with E-state index in [9.17, 15) is 9.59 Å². The summed E-state index contributed by atoms with van der Waals surface area (Å²) in [6, 6.07) is 3.28. The number of allylic oxidation sites excluding steroid dienone is 2. The molecule has 0 bridgehead atoms. The molecular formula is C17H20N2O5. The second kappa shape index (κ2) is 6.66. The maximum atomic E-state index is 12.3. The average Bonchev–Trinajstić information content (AvgIpc) is 2.59. The van der Waals surface area contributed by atoms with Crippen molar-refractivity contribution in [2.24, 2.45) is 11.5 Å². The van der Waals surface area contributed by atoms with E-state index in [0.717, 1.165) is 0 Å². The summed E-state index contributed by atoms with van der Waals surface area (Å²) in [5.41, 5.74) is 10.6. The fraction of sp³-hybridized carbons (Fsp3) is 0.294. The van der Waals surface area contributed by atoms with Crippen LogP contribution in [0.2, 0.25) is 0 Å². The minimum Gasteiger partial charge on any atom is -0.493 e. The van der Waals surface area contributed by atoms with Crippen LogP contribution in [0, 0.1) is 0 Å². The van der Waals surface area contributed by atoms with E-state index in [0.29, 0.717) is 28.4 Å². The van der Waals surface area contributed by atoms with Gasteiger partial charge in [0, 0.05) is 5.57 Å². The SMILES string of the molecule is COc1cc(C2(C(N)=O)C=CC=C(C(N)=O)C2)cc(OC)c1OC. The third kappa shape index (κ3) is 2.80. The van der Waals surface area contributed by atoms with E-state index >= 15 is 0 Å². The summed E-state index contributed by atoms with van der Waals surface area (Å²) in [6.45, 7) is 0. The van der Waals surface area contributed by atoms with Crippen LogP contribution in [-0.4, -0.2) is 33.1 Å². The van der Waals surface area contributed by atoms with Crippen LogP contribution in [0.4, 0.5) is 0 Å². The smallest absolute Gasteiger partial charge is 0.244 e. The largest absolute Gasteiger partial charge is 0.493 e. The van der Waals surface area contributed by atoms with Gasteiger partial charge in [-0.15, -0.1) is 0 Å². The summed E-state index contributed by atoms with van der Waals surface area (Å²) in [6.07, 6.45) is 4.87. The van der Waals surface area contributed by atoms with Crippen LogP contribution in [0.1, 0.15) is 12.0 Å². The number of amides is 2. The number of rotatable bonds is 6. The van der Waals surface area contributed by atoms with E-state index < -0.39 is 17.2 Å². The average molecular weight is 332 g/mol. The van der Waals surface area contributed by atoms with E-state index in [2.05, 4.69) is 0 Å². The molecule has 0 aliphatic heterocycles. The van der Waals surface area contributed by atoms with Crippen LogP contribution in [0.15, 0.2) is 35.9 Å². The van der Waals surface area contributed by atoms with E-state index in [1.54, 1.807) is 30.4 Å². The Hall–Kier alpha value is -2.96. The van der Waals surface area contributed by atoms with Crippen molar-refractivity contribution in [2.75, 3.05) is 21.3 Å². The maximum absolute atomic E-state index is 12.3. The molecule has 0 aromatic heterocycles. The number of benzene rings is 1. The van der Waals surface area contributed by atoms with Gasteiger partial charge in [0.1, 0.15) is 0 Å². The van der Waals surface area contributed by atoms with Crippen molar-refractivity contribution in [2.45, 2.75) is 11.8 Å². The van der Waals surface area contributed by atoms with Gasteiger partial charge in [0.05, 0.1) is 26.7 Å². The van der Waals surface area contributed by atoms with Crippen molar-refractivity contribution in [1.82, 2.24) is 0 Å². The van der Waals surface area contributed by atoms with E-state index in [4.69, 9.17) is 25.7 Å². The number of primary amides is 2. The van der Waals surface area contributed by atoms with Gasteiger partial charge in [-0.05, 0) is 24.1 Å². The monoisotopic (exact) mass is 332 g/mol. The van der Waals surface area contributed by atoms with Crippen molar-refractivity contribution in [1.29, 1.82) is 0 Å². The van der Waals surface area contributed by atoms with Crippen LogP contribution < -0.4 is 25.7 Å². The molecule has 24 heavy (non-hydrogen) atoms. The highest BCUT2D eigenvalue weighted by Gasteiger charge is 2.40. The van der Waals surface area contributed by atoms with E-state index in [1.807, 2.05) is 0 Å². The Labute approximate surface area is 139 Å². The summed E-state index contributed by atoms with van der Waals surface area (Å²) in [7, 11) is 4.44. The van der Waals surface area contributed by atoms with Crippen LogP contribution in [-0.2, 0) is 15.0 Å². The van der Waals surface area contributed by atoms with E-state index in [1.165, 1.54) is 21.3 Å². The van der Waals surface area contributed by atoms with Gasteiger partial charge in [-0.1, -0.05) is 18.2 Å².